The molecule has 4 aromatic rings. The normalized spacial score (nSPS) is 10.5. The maximum atomic E-state index is 13.2. The molecule has 4 rings (SSSR count). The van der Waals surface area contributed by atoms with Gasteiger partial charge in [-0.1, -0.05) is 24.3 Å². The number of nitrogens with zero attached hydrogens (tertiary/aromatic N) is 4. The summed E-state index contributed by atoms with van der Waals surface area (Å²) in [6, 6.07) is 20.4. The smallest absolute Gasteiger partial charge is 0.275 e. The van der Waals surface area contributed by atoms with E-state index in [-0.39, 0.29) is 11.3 Å². The molecule has 2 aromatic carbocycles. The van der Waals surface area contributed by atoms with Crippen LogP contribution >= 0.6 is 0 Å². The summed E-state index contributed by atoms with van der Waals surface area (Å²) in [6.45, 7) is 0.348. The highest BCUT2D eigenvalue weighted by molar-refractivity contribution is 5.95. The van der Waals surface area contributed by atoms with E-state index in [2.05, 4.69) is 10.3 Å². The van der Waals surface area contributed by atoms with Gasteiger partial charge in [0.15, 0.2) is 0 Å². The van der Waals surface area contributed by atoms with Crippen LogP contribution in [0.2, 0.25) is 0 Å². The average Bonchev–Trinajstić information content (AvgIpc) is 2.78. The Labute approximate surface area is 170 Å². The second-order valence-corrected chi connectivity index (χ2v) is 6.47. The predicted octanol–water partition coefficient (Wildman–Crippen LogP) is 3.78. The first-order valence-electron chi connectivity index (χ1n) is 9.06. The fraction of sp³-hybridized carbons (Fsp3) is 0.0455. The molecule has 0 saturated carbocycles. The molecule has 1 N–H and O–H groups in total. The molecule has 0 aliphatic carbocycles. The Bertz CT molecular complexity index is 1340. The number of hydrogen-bond acceptors (Lipinski definition) is 6. The molecule has 0 aliphatic rings. The van der Waals surface area contributed by atoms with Gasteiger partial charge in [-0.3, -0.25) is 24.5 Å². The highest BCUT2D eigenvalue weighted by Gasteiger charge is 2.18. The van der Waals surface area contributed by atoms with Crippen molar-refractivity contribution in [3.63, 3.8) is 0 Å². The van der Waals surface area contributed by atoms with E-state index in [0.717, 1.165) is 5.69 Å². The highest BCUT2D eigenvalue weighted by atomic mass is 16.6. The molecule has 2 aromatic heterocycles. The fourth-order valence-corrected chi connectivity index (χ4v) is 3.29. The van der Waals surface area contributed by atoms with Gasteiger partial charge in [-0.25, -0.2) is 0 Å². The predicted molar refractivity (Wildman–Crippen MR) is 112 cm³/mol. The number of nitro benzene ring substituents is 1. The molecule has 0 radical (unpaired) electrons. The van der Waals surface area contributed by atoms with Gasteiger partial charge in [0.25, 0.3) is 11.2 Å². The van der Waals surface area contributed by atoms with E-state index in [1.807, 2.05) is 36.4 Å². The molecule has 0 aliphatic heterocycles. The van der Waals surface area contributed by atoms with Gasteiger partial charge < -0.3 is 5.32 Å². The van der Waals surface area contributed by atoms with Crippen molar-refractivity contribution in [2.24, 2.45) is 0 Å². The number of anilines is 1. The summed E-state index contributed by atoms with van der Waals surface area (Å²) in [6.07, 6.45) is 1.67. The Balaban J connectivity index is 1.89. The van der Waals surface area contributed by atoms with Crippen LogP contribution < -0.4 is 10.9 Å². The van der Waals surface area contributed by atoms with E-state index < -0.39 is 10.5 Å². The summed E-state index contributed by atoms with van der Waals surface area (Å²) < 4.78 is 1.39. The summed E-state index contributed by atoms with van der Waals surface area (Å²) in [5, 5.41) is 24.5. The van der Waals surface area contributed by atoms with Gasteiger partial charge in [-0.15, -0.1) is 0 Å². The molecule has 0 spiro atoms. The quantitative estimate of drug-likeness (QED) is 0.405. The lowest BCUT2D eigenvalue weighted by Crippen LogP contribution is -2.23. The Morgan fingerprint density at radius 2 is 1.80 bits per heavy atom. The number of benzene rings is 2. The Morgan fingerprint density at radius 1 is 1.07 bits per heavy atom. The maximum Gasteiger partial charge on any atom is 0.275 e. The SMILES string of the molecule is N#Cc1c(NCc2ccccn2)c2ccccc2n(-c2ccc([N+](=O)[O-])cc2)c1=O. The van der Waals surface area contributed by atoms with Crippen molar-refractivity contribution >= 4 is 22.3 Å². The molecule has 8 heteroatoms. The average molecular weight is 397 g/mol. The minimum Gasteiger partial charge on any atom is -0.378 e. The van der Waals surface area contributed by atoms with Crippen molar-refractivity contribution in [2.75, 3.05) is 5.32 Å². The summed E-state index contributed by atoms with van der Waals surface area (Å²) in [5.41, 5.74) is 1.60. The van der Waals surface area contributed by atoms with Crippen LogP contribution in [0.3, 0.4) is 0 Å². The van der Waals surface area contributed by atoms with E-state index in [1.54, 1.807) is 18.3 Å². The fourth-order valence-electron chi connectivity index (χ4n) is 3.29. The molecule has 2 heterocycles. The van der Waals surface area contributed by atoms with Crippen LogP contribution in [0.25, 0.3) is 16.6 Å². The number of hydrogen-bond donors (Lipinski definition) is 1. The minimum absolute atomic E-state index is 0.0389. The zero-order valence-corrected chi connectivity index (χ0v) is 15.6. The van der Waals surface area contributed by atoms with Gasteiger partial charge in [-0.2, -0.15) is 5.26 Å². The van der Waals surface area contributed by atoms with Crippen LogP contribution in [-0.4, -0.2) is 14.5 Å². The number of rotatable bonds is 5. The number of nitriles is 1. The third kappa shape index (κ3) is 3.36. The molecular weight excluding hydrogens is 382 g/mol. The first-order valence-corrected chi connectivity index (χ1v) is 9.06. The van der Waals surface area contributed by atoms with E-state index in [9.17, 15) is 20.2 Å². The number of aromatic nitrogens is 2. The first-order chi connectivity index (χ1) is 14.6. The number of fused-ring (bicyclic) bond motifs is 1. The summed E-state index contributed by atoms with van der Waals surface area (Å²) in [5.74, 6) is 0. The summed E-state index contributed by atoms with van der Waals surface area (Å²) >= 11 is 0. The second kappa shape index (κ2) is 7.85. The molecule has 0 amide bonds. The highest BCUT2D eigenvalue weighted by Crippen LogP contribution is 2.27. The Hall–Kier alpha value is -4.51. The standard InChI is InChI=1S/C22H15N5O3/c23-13-19-21(25-14-15-5-3-4-12-24-15)18-6-1-2-7-20(18)26(22(19)28)16-8-10-17(11-9-16)27(29)30/h1-12,25H,14H2. The van der Waals surface area contributed by atoms with Gasteiger partial charge in [0, 0.05) is 29.4 Å². The third-order valence-electron chi connectivity index (χ3n) is 4.68. The minimum atomic E-state index is -0.506. The molecule has 0 saturated heterocycles. The molecule has 0 atom stereocenters. The lowest BCUT2D eigenvalue weighted by molar-refractivity contribution is -0.384. The van der Waals surface area contributed by atoms with Gasteiger partial charge in [0.05, 0.1) is 28.4 Å². The number of para-hydroxylation sites is 1. The Kier molecular flexibility index (Phi) is 4.93. The van der Waals surface area contributed by atoms with E-state index in [1.165, 1.54) is 28.8 Å². The van der Waals surface area contributed by atoms with Crippen LogP contribution in [0, 0.1) is 21.4 Å². The van der Waals surface area contributed by atoms with E-state index in [0.29, 0.717) is 28.8 Å². The van der Waals surface area contributed by atoms with Crippen molar-refractivity contribution in [1.29, 1.82) is 5.26 Å². The van der Waals surface area contributed by atoms with Gasteiger partial charge in [0.2, 0.25) is 0 Å². The number of nitro groups is 1. The monoisotopic (exact) mass is 397 g/mol. The Morgan fingerprint density at radius 3 is 2.47 bits per heavy atom. The molecule has 0 unspecified atom stereocenters. The zero-order valence-electron chi connectivity index (χ0n) is 15.6. The van der Waals surface area contributed by atoms with E-state index >= 15 is 0 Å². The largest absolute Gasteiger partial charge is 0.378 e. The van der Waals surface area contributed by atoms with Crippen LogP contribution in [0.5, 0.6) is 0 Å². The summed E-state index contributed by atoms with van der Waals surface area (Å²) in [4.78, 5) is 27.9. The van der Waals surface area contributed by atoms with Crippen molar-refractivity contribution < 1.29 is 4.92 Å². The molecule has 30 heavy (non-hydrogen) atoms. The molecule has 8 nitrogen and oxygen atoms in total. The maximum absolute atomic E-state index is 13.2. The van der Waals surface area contributed by atoms with Crippen LogP contribution in [-0.2, 0) is 6.54 Å². The van der Waals surface area contributed by atoms with Gasteiger partial charge >= 0.3 is 0 Å². The van der Waals surface area contributed by atoms with Crippen LogP contribution in [0.4, 0.5) is 11.4 Å². The number of nitrogens with one attached hydrogen (secondary N) is 1. The van der Waals surface area contributed by atoms with Crippen molar-refractivity contribution in [3.8, 4) is 11.8 Å². The van der Waals surface area contributed by atoms with Gasteiger partial charge in [-0.05, 0) is 30.3 Å². The lowest BCUT2D eigenvalue weighted by Gasteiger charge is -2.16. The molecular formula is C22H15N5O3. The van der Waals surface area contributed by atoms with E-state index in [4.69, 9.17) is 0 Å². The van der Waals surface area contributed by atoms with Crippen molar-refractivity contribution in [1.82, 2.24) is 9.55 Å². The second-order valence-electron chi connectivity index (χ2n) is 6.47. The molecule has 0 fully saturated rings. The van der Waals surface area contributed by atoms with Crippen LogP contribution in [0.15, 0.2) is 77.7 Å². The first kappa shape index (κ1) is 18.8. The number of pyridine rings is 2. The van der Waals surface area contributed by atoms with Crippen molar-refractivity contribution in [3.05, 3.63) is 105 Å². The number of non-ortho nitro benzene ring substituents is 1. The van der Waals surface area contributed by atoms with Gasteiger partial charge in [0.1, 0.15) is 11.6 Å². The van der Waals surface area contributed by atoms with Crippen molar-refractivity contribution in [2.45, 2.75) is 6.54 Å². The topological polar surface area (TPSA) is 114 Å². The molecule has 0 bridgehead atoms. The zero-order chi connectivity index (χ0) is 21.1. The lowest BCUT2D eigenvalue weighted by atomic mass is 10.1. The molecule has 146 valence electrons. The summed E-state index contributed by atoms with van der Waals surface area (Å²) in [7, 11) is 0. The van der Waals surface area contributed by atoms with Crippen LogP contribution in [0.1, 0.15) is 11.3 Å². The third-order valence-corrected chi connectivity index (χ3v) is 4.68.